The number of aryl methyl sites for hydroxylation is 1. The van der Waals surface area contributed by atoms with Gasteiger partial charge >= 0.3 is 0 Å². The van der Waals surface area contributed by atoms with Gasteiger partial charge in [0, 0.05) is 36.1 Å². The zero-order valence-corrected chi connectivity index (χ0v) is 9.21. The van der Waals surface area contributed by atoms with E-state index in [1.54, 1.807) is 18.6 Å². The number of hydrogen-bond acceptors (Lipinski definition) is 3. The Morgan fingerprint density at radius 1 is 1.35 bits per heavy atom. The second-order valence-corrected chi connectivity index (χ2v) is 3.56. The fourth-order valence-electron chi connectivity index (χ4n) is 1.66. The van der Waals surface area contributed by atoms with Crippen molar-refractivity contribution in [2.45, 2.75) is 13.0 Å². The van der Waals surface area contributed by atoms with Crippen LogP contribution < -0.4 is 0 Å². The largest absolute Gasteiger partial charge is 0.303 e. The van der Waals surface area contributed by atoms with Gasteiger partial charge in [-0.3, -0.25) is 9.67 Å². The lowest BCUT2D eigenvalue weighted by atomic mass is 10.1. The molecule has 2 aromatic rings. The van der Waals surface area contributed by atoms with Gasteiger partial charge in [0.25, 0.3) is 0 Å². The number of alkyl halides is 1. The first-order valence-corrected chi connectivity index (χ1v) is 5.31. The summed E-state index contributed by atoms with van der Waals surface area (Å²) in [6, 6.07) is 3.63. The van der Waals surface area contributed by atoms with E-state index in [9.17, 15) is 9.18 Å². The number of aromatic nitrogens is 3. The molecule has 0 saturated heterocycles. The Balaban J connectivity index is 2.40. The Labute approximate surface area is 98.1 Å². The number of carbonyl (C=O) groups is 1. The van der Waals surface area contributed by atoms with Gasteiger partial charge in [-0.05, 0) is 12.1 Å². The van der Waals surface area contributed by atoms with Crippen LogP contribution in [0.4, 0.5) is 4.39 Å². The van der Waals surface area contributed by atoms with Crippen molar-refractivity contribution in [3.05, 3.63) is 36.3 Å². The predicted molar refractivity (Wildman–Crippen MR) is 61.2 cm³/mol. The summed E-state index contributed by atoms with van der Waals surface area (Å²) in [6.07, 6.45) is 6.14. The van der Waals surface area contributed by atoms with Gasteiger partial charge in [-0.2, -0.15) is 5.10 Å². The molecule has 2 heterocycles. The number of nitrogens with zero attached hydrogens (tertiary/aromatic N) is 3. The highest BCUT2D eigenvalue weighted by molar-refractivity contribution is 5.67. The predicted octanol–water partition coefficient (Wildman–Crippen LogP) is 1.66. The van der Waals surface area contributed by atoms with E-state index in [0.29, 0.717) is 5.69 Å². The first kappa shape index (κ1) is 11.4. The quantitative estimate of drug-likeness (QED) is 0.738. The summed E-state index contributed by atoms with van der Waals surface area (Å²) in [7, 11) is 0. The minimum absolute atomic E-state index is 0.205. The third-order valence-corrected chi connectivity index (χ3v) is 2.41. The molecule has 88 valence electrons. The zero-order valence-electron chi connectivity index (χ0n) is 9.21. The van der Waals surface area contributed by atoms with Crippen molar-refractivity contribution in [3.8, 4) is 11.3 Å². The molecule has 0 unspecified atom stereocenters. The van der Waals surface area contributed by atoms with Crippen LogP contribution >= 0.6 is 0 Å². The second-order valence-electron chi connectivity index (χ2n) is 3.56. The fraction of sp³-hybridized carbons (Fsp3) is 0.250. The van der Waals surface area contributed by atoms with E-state index in [4.69, 9.17) is 0 Å². The van der Waals surface area contributed by atoms with Gasteiger partial charge in [0.15, 0.2) is 0 Å². The number of aldehydes is 1. The topological polar surface area (TPSA) is 47.8 Å². The van der Waals surface area contributed by atoms with Gasteiger partial charge in [-0.25, -0.2) is 4.39 Å². The third kappa shape index (κ3) is 2.55. The molecule has 0 fully saturated rings. The van der Waals surface area contributed by atoms with Crippen LogP contribution in [-0.4, -0.2) is 27.7 Å². The van der Waals surface area contributed by atoms with Crippen molar-refractivity contribution in [1.82, 2.24) is 14.8 Å². The average Bonchev–Trinajstić information content (AvgIpc) is 2.74. The molecule has 2 rings (SSSR count). The molecule has 0 atom stereocenters. The summed E-state index contributed by atoms with van der Waals surface area (Å²) in [6.45, 7) is -0.269. The van der Waals surface area contributed by atoms with Crippen molar-refractivity contribution in [3.63, 3.8) is 0 Å². The highest BCUT2D eigenvalue weighted by Crippen LogP contribution is 2.21. The molecular weight excluding hydrogens is 221 g/mol. The van der Waals surface area contributed by atoms with E-state index < -0.39 is 6.67 Å². The maximum Gasteiger partial charge on any atom is 0.124 e. The van der Waals surface area contributed by atoms with Gasteiger partial charge in [0.1, 0.15) is 13.0 Å². The first-order chi connectivity index (χ1) is 8.35. The van der Waals surface area contributed by atoms with E-state index >= 15 is 0 Å². The highest BCUT2D eigenvalue weighted by atomic mass is 19.1. The van der Waals surface area contributed by atoms with Crippen LogP contribution in [0.3, 0.4) is 0 Å². The minimum atomic E-state index is -0.474. The molecule has 5 heteroatoms. The lowest BCUT2D eigenvalue weighted by Gasteiger charge is -1.98. The molecule has 0 aliphatic heterocycles. The van der Waals surface area contributed by atoms with E-state index in [2.05, 4.69) is 10.1 Å². The van der Waals surface area contributed by atoms with E-state index in [1.165, 1.54) is 4.68 Å². The maximum absolute atomic E-state index is 12.3. The average molecular weight is 233 g/mol. The minimum Gasteiger partial charge on any atom is -0.303 e. The smallest absolute Gasteiger partial charge is 0.124 e. The summed E-state index contributed by atoms with van der Waals surface area (Å²) in [4.78, 5) is 14.5. The van der Waals surface area contributed by atoms with Crippen LogP contribution in [0.25, 0.3) is 11.3 Å². The summed E-state index contributed by atoms with van der Waals surface area (Å²) >= 11 is 0. The molecule has 0 aliphatic carbocycles. The van der Waals surface area contributed by atoms with Gasteiger partial charge < -0.3 is 4.79 Å². The molecule has 2 aromatic heterocycles. The van der Waals surface area contributed by atoms with E-state index in [1.807, 2.05) is 12.1 Å². The van der Waals surface area contributed by atoms with Gasteiger partial charge in [0.05, 0.1) is 12.2 Å². The van der Waals surface area contributed by atoms with Crippen molar-refractivity contribution < 1.29 is 9.18 Å². The Morgan fingerprint density at radius 3 is 2.76 bits per heavy atom. The Bertz CT molecular complexity index is 496. The highest BCUT2D eigenvalue weighted by Gasteiger charge is 2.10. The Kier molecular flexibility index (Phi) is 3.59. The number of carbonyl (C=O) groups excluding carboxylic acids is 1. The van der Waals surface area contributed by atoms with Gasteiger partial charge in [-0.1, -0.05) is 0 Å². The number of pyridine rings is 1. The Hall–Kier alpha value is -2.04. The van der Waals surface area contributed by atoms with Crippen LogP contribution in [0.2, 0.25) is 0 Å². The molecule has 0 aliphatic rings. The van der Waals surface area contributed by atoms with Crippen molar-refractivity contribution in [2.24, 2.45) is 0 Å². The summed E-state index contributed by atoms with van der Waals surface area (Å²) in [5.41, 5.74) is 2.40. The summed E-state index contributed by atoms with van der Waals surface area (Å²) < 4.78 is 13.8. The lowest BCUT2D eigenvalue weighted by Crippen LogP contribution is -1.99. The molecule has 0 N–H and O–H groups in total. The maximum atomic E-state index is 12.3. The molecule has 17 heavy (non-hydrogen) atoms. The monoisotopic (exact) mass is 233 g/mol. The van der Waals surface area contributed by atoms with Crippen LogP contribution in [-0.2, 0) is 17.8 Å². The SMILES string of the molecule is O=CCc1cn(CCF)nc1-c1ccncc1. The van der Waals surface area contributed by atoms with Crippen molar-refractivity contribution >= 4 is 6.29 Å². The third-order valence-electron chi connectivity index (χ3n) is 2.41. The first-order valence-electron chi connectivity index (χ1n) is 5.31. The molecule has 0 saturated carbocycles. The lowest BCUT2D eigenvalue weighted by molar-refractivity contribution is -0.107. The fourth-order valence-corrected chi connectivity index (χ4v) is 1.66. The number of rotatable bonds is 5. The van der Waals surface area contributed by atoms with Crippen LogP contribution in [0.1, 0.15) is 5.56 Å². The normalized spacial score (nSPS) is 10.4. The van der Waals surface area contributed by atoms with E-state index in [-0.39, 0.29) is 13.0 Å². The van der Waals surface area contributed by atoms with Crippen molar-refractivity contribution in [2.75, 3.05) is 6.67 Å². The molecule has 0 spiro atoms. The molecule has 0 aromatic carbocycles. The summed E-state index contributed by atoms with van der Waals surface area (Å²) in [5.74, 6) is 0. The number of hydrogen-bond donors (Lipinski definition) is 0. The van der Waals surface area contributed by atoms with Gasteiger partial charge in [0.2, 0.25) is 0 Å². The van der Waals surface area contributed by atoms with E-state index in [0.717, 1.165) is 17.4 Å². The Morgan fingerprint density at radius 2 is 2.12 bits per heavy atom. The molecule has 0 amide bonds. The summed E-state index contributed by atoms with van der Waals surface area (Å²) in [5, 5.41) is 4.28. The van der Waals surface area contributed by atoms with Crippen LogP contribution in [0.5, 0.6) is 0 Å². The van der Waals surface area contributed by atoms with Gasteiger partial charge in [-0.15, -0.1) is 0 Å². The zero-order chi connectivity index (χ0) is 12.1. The molecule has 4 nitrogen and oxygen atoms in total. The van der Waals surface area contributed by atoms with Crippen molar-refractivity contribution in [1.29, 1.82) is 0 Å². The molecular formula is C12H12FN3O. The van der Waals surface area contributed by atoms with Crippen LogP contribution in [0.15, 0.2) is 30.7 Å². The molecule has 0 radical (unpaired) electrons. The molecule has 0 bridgehead atoms. The number of halogens is 1. The standard InChI is InChI=1S/C12H12FN3O/c13-4-7-16-9-11(3-8-17)12(15-16)10-1-5-14-6-2-10/h1-2,5-6,8-9H,3-4,7H2. The van der Waals surface area contributed by atoms with Crippen LogP contribution in [0, 0.1) is 0 Å². The second kappa shape index (κ2) is 5.34.